The van der Waals surface area contributed by atoms with E-state index in [1.807, 2.05) is 0 Å². The second-order valence-corrected chi connectivity index (χ2v) is 4.35. The van der Waals surface area contributed by atoms with E-state index in [0.29, 0.717) is 10.2 Å². The minimum atomic E-state index is -1.05. The number of nitrogens with one attached hydrogen (secondary N) is 2. The second kappa shape index (κ2) is 5.06. The van der Waals surface area contributed by atoms with Crippen LogP contribution < -0.4 is 11.1 Å². The van der Waals surface area contributed by atoms with Crippen molar-refractivity contribution in [1.82, 2.24) is 15.2 Å². The number of nitrogens with zero attached hydrogens (tertiary/aromatic N) is 2. The van der Waals surface area contributed by atoms with Crippen molar-refractivity contribution >= 4 is 39.4 Å². The molecule has 0 radical (unpaired) electrons. The largest absolute Gasteiger partial charge is 0.478 e. The van der Waals surface area contributed by atoms with Gasteiger partial charge in [-0.2, -0.15) is 4.98 Å². The third-order valence-corrected chi connectivity index (χ3v) is 2.84. The molecule has 0 aliphatic rings. The van der Waals surface area contributed by atoms with Gasteiger partial charge >= 0.3 is 5.97 Å². The molecule has 1 aromatic carbocycles. The molecule has 0 bridgehead atoms. The number of halogens is 1. The molecule has 0 unspecified atom stereocenters. The van der Waals surface area contributed by atoms with E-state index in [9.17, 15) is 9.59 Å². The van der Waals surface area contributed by atoms with E-state index in [-0.39, 0.29) is 17.3 Å². The number of carboxylic acid groups (broad SMARTS) is 1. The monoisotopic (exact) mass is 325 g/mol. The minimum absolute atomic E-state index is 0.0355. The third kappa shape index (κ3) is 2.88. The number of amides is 1. The van der Waals surface area contributed by atoms with Crippen LogP contribution in [0.2, 0.25) is 0 Å². The zero-order chi connectivity index (χ0) is 14.0. The average molecular weight is 326 g/mol. The Kier molecular flexibility index (Phi) is 3.47. The number of aromatic carboxylic acids is 1. The Bertz CT molecular complexity index is 654. The molecule has 5 N–H and O–H groups in total. The maximum Gasteiger partial charge on any atom is 0.335 e. The number of aromatic amines is 1. The van der Waals surface area contributed by atoms with E-state index in [1.165, 1.54) is 18.2 Å². The number of hydrogen-bond donors (Lipinski definition) is 4. The molecule has 2 aromatic rings. The van der Waals surface area contributed by atoms with Crippen molar-refractivity contribution in [3.8, 4) is 0 Å². The van der Waals surface area contributed by atoms with E-state index in [2.05, 4.69) is 36.4 Å². The third-order valence-electron chi connectivity index (χ3n) is 2.18. The molecule has 0 aliphatic carbocycles. The summed E-state index contributed by atoms with van der Waals surface area (Å²) in [4.78, 5) is 26.2. The van der Waals surface area contributed by atoms with Gasteiger partial charge in [0.05, 0.1) is 11.3 Å². The summed E-state index contributed by atoms with van der Waals surface area (Å²) in [6.07, 6.45) is 0. The summed E-state index contributed by atoms with van der Waals surface area (Å²) < 4.78 is 0.438. The lowest BCUT2D eigenvalue weighted by atomic mass is 10.2. The number of nitrogens with two attached hydrogens (primary N) is 1. The predicted molar refractivity (Wildman–Crippen MR) is 69.8 cm³/mol. The molecule has 1 amide bonds. The second-order valence-electron chi connectivity index (χ2n) is 3.50. The summed E-state index contributed by atoms with van der Waals surface area (Å²) in [6, 6.07) is 4.22. The number of H-pyrrole nitrogens is 1. The summed E-state index contributed by atoms with van der Waals surface area (Å²) >= 11 is 3.17. The summed E-state index contributed by atoms with van der Waals surface area (Å²) in [7, 11) is 0. The standard InChI is InChI=1S/C10H8BrN5O3/c11-5-3-4(9(18)19)1-2-6(5)13-8(17)7-14-10(12)16-15-7/h1-3H,(H,13,17)(H,18,19)(H3,12,14,15,16). The Labute approximate surface area is 115 Å². The molecule has 19 heavy (non-hydrogen) atoms. The Morgan fingerprint density at radius 3 is 2.68 bits per heavy atom. The van der Waals surface area contributed by atoms with Crippen molar-refractivity contribution < 1.29 is 14.7 Å². The topological polar surface area (TPSA) is 134 Å². The molecule has 0 aliphatic heterocycles. The number of benzene rings is 1. The van der Waals surface area contributed by atoms with Crippen molar-refractivity contribution in [3.63, 3.8) is 0 Å². The Morgan fingerprint density at radius 1 is 1.42 bits per heavy atom. The Balaban J connectivity index is 2.20. The molecule has 1 heterocycles. The van der Waals surface area contributed by atoms with Crippen LogP contribution in [0.3, 0.4) is 0 Å². The number of carbonyl (C=O) groups is 2. The summed E-state index contributed by atoms with van der Waals surface area (Å²) in [5.74, 6) is -1.66. The van der Waals surface area contributed by atoms with Crippen LogP contribution in [0.1, 0.15) is 21.0 Å². The van der Waals surface area contributed by atoms with Gasteiger partial charge in [0.1, 0.15) is 0 Å². The van der Waals surface area contributed by atoms with Gasteiger partial charge in [0.25, 0.3) is 5.91 Å². The van der Waals surface area contributed by atoms with E-state index < -0.39 is 11.9 Å². The van der Waals surface area contributed by atoms with Gasteiger partial charge in [0.2, 0.25) is 11.8 Å². The first-order valence-electron chi connectivity index (χ1n) is 4.99. The molecule has 0 fully saturated rings. The van der Waals surface area contributed by atoms with Gasteiger partial charge in [-0.25, -0.2) is 4.79 Å². The first-order chi connectivity index (χ1) is 8.97. The van der Waals surface area contributed by atoms with Crippen LogP contribution in [0.15, 0.2) is 22.7 Å². The number of carbonyl (C=O) groups excluding carboxylic acids is 1. The lowest BCUT2D eigenvalue weighted by Crippen LogP contribution is -2.14. The quantitative estimate of drug-likeness (QED) is 0.667. The molecular formula is C10H8BrN5O3. The van der Waals surface area contributed by atoms with Crippen molar-refractivity contribution in [1.29, 1.82) is 0 Å². The highest BCUT2D eigenvalue weighted by molar-refractivity contribution is 9.10. The summed E-state index contributed by atoms with van der Waals surface area (Å²) in [6.45, 7) is 0. The van der Waals surface area contributed by atoms with E-state index in [1.54, 1.807) is 0 Å². The number of hydrogen-bond acceptors (Lipinski definition) is 5. The fourth-order valence-corrected chi connectivity index (χ4v) is 1.79. The van der Waals surface area contributed by atoms with Crippen LogP contribution in [0.4, 0.5) is 11.6 Å². The molecule has 0 spiro atoms. The summed E-state index contributed by atoms with van der Waals surface area (Å²) in [5, 5.41) is 17.3. The molecule has 8 nitrogen and oxygen atoms in total. The number of aromatic nitrogens is 3. The zero-order valence-corrected chi connectivity index (χ0v) is 10.9. The van der Waals surface area contributed by atoms with Gasteiger partial charge in [-0.3, -0.25) is 9.89 Å². The fourth-order valence-electron chi connectivity index (χ4n) is 1.31. The lowest BCUT2D eigenvalue weighted by molar-refractivity contribution is 0.0696. The van der Waals surface area contributed by atoms with Crippen LogP contribution in [0, 0.1) is 0 Å². The van der Waals surface area contributed by atoms with Gasteiger partial charge in [0, 0.05) is 4.47 Å². The lowest BCUT2D eigenvalue weighted by Gasteiger charge is -2.06. The van der Waals surface area contributed by atoms with Crippen molar-refractivity contribution in [2.45, 2.75) is 0 Å². The molecule has 0 saturated heterocycles. The molecule has 98 valence electrons. The van der Waals surface area contributed by atoms with E-state index in [4.69, 9.17) is 10.8 Å². The zero-order valence-electron chi connectivity index (χ0n) is 9.35. The average Bonchev–Trinajstić information content (AvgIpc) is 2.78. The van der Waals surface area contributed by atoms with E-state index >= 15 is 0 Å². The van der Waals surface area contributed by atoms with Gasteiger partial charge < -0.3 is 16.2 Å². The van der Waals surface area contributed by atoms with Gasteiger partial charge in [-0.15, -0.1) is 5.10 Å². The molecule has 1 aromatic heterocycles. The van der Waals surface area contributed by atoms with Crippen molar-refractivity contribution in [2.24, 2.45) is 0 Å². The highest BCUT2D eigenvalue weighted by Gasteiger charge is 2.13. The maximum atomic E-state index is 11.8. The van der Waals surface area contributed by atoms with Crippen molar-refractivity contribution in [3.05, 3.63) is 34.1 Å². The minimum Gasteiger partial charge on any atom is -0.478 e. The van der Waals surface area contributed by atoms with Crippen LogP contribution in [0.25, 0.3) is 0 Å². The highest BCUT2D eigenvalue weighted by atomic mass is 79.9. The van der Waals surface area contributed by atoms with E-state index in [0.717, 1.165) is 0 Å². The Morgan fingerprint density at radius 2 is 2.16 bits per heavy atom. The van der Waals surface area contributed by atoms with Crippen LogP contribution >= 0.6 is 15.9 Å². The maximum absolute atomic E-state index is 11.8. The van der Waals surface area contributed by atoms with Gasteiger partial charge in [-0.05, 0) is 34.1 Å². The van der Waals surface area contributed by atoms with Crippen LogP contribution in [-0.2, 0) is 0 Å². The summed E-state index contributed by atoms with van der Waals surface area (Å²) in [5.41, 5.74) is 5.80. The Hall–Kier alpha value is -2.42. The smallest absolute Gasteiger partial charge is 0.335 e. The predicted octanol–water partition coefficient (Wildman–Crippen LogP) is 1.10. The molecular weight excluding hydrogens is 318 g/mol. The first-order valence-corrected chi connectivity index (χ1v) is 5.78. The highest BCUT2D eigenvalue weighted by Crippen LogP contribution is 2.24. The SMILES string of the molecule is Nc1n[nH]c(C(=O)Nc2ccc(C(=O)O)cc2Br)n1. The molecule has 9 heteroatoms. The molecule has 2 rings (SSSR count). The molecule has 0 saturated carbocycles. The molecule has 0 atom stereocenters. The number of carboxylic acids is 1. The normalized spacial score (nSPS) is 10.2. The van der Waals surface area contributed by atoms with Gasteiger partial charge in [-0.1, -0.05) is 0 Å². The van der Waals surface area contributed by atoms with Gasteiger partial charge in [0.15, 0.2) is 0 Å². The number of anilines is 2. The number of nitrogen functional groups attached to an aromatic ring is 1. The number of rotatable bonds is 3. The van der Waals surface area contributed by atoms with Crippen LogP contribution in [-0.4, -0.2) is 32.2 Å². The first kappa shape index (κ1) is 13.0. The van der Waals surface area contributed by atoms with Crippen LogP contribution in [0.5, 0.6) is 0 Å². The van der Waals surface area contributed by atoms with Crippen molar-refractivity contribution in [2.75, 3.05) is 11.1 Å². The fraction of sp³-hybridized carbons (Fsp3) is 0.